The molecule has 0 saturated carbocycles. The highest BCUT2D eigenvalue weighted by atomic mass is 19.4. The van der Waals surface area contributed by atoms with Gasteiger partial charge < -0.3 is 19.9 Å². The molecule has 38 heavy (non-hydrogen) atoms. The number of hydrogen-bond acceptors (Lipinski definition) is 5. The number of aliphatic hydroxyl groups is 1. The van der Waals surface area contributed by atoms with Crippen LogP contribution in [0.3, 0.4) is 0 Å². The summed E-state index contributed by atoms with van der Waals surface area (Å²) in [6, 6.07) is 21.3. The van der Waals surface area contributed by atoms with Gasteiger partial charge in [0.15, 0.2) is 5.54 Å². The summed E-state index contributed by atoms with van der Waals surface area (Å²) in [5.41, 5.74) is 0.0830. The van der Waals surface area contributed by atoms with Gasteiger partial charge in [-0.15, -0.1) is 0 Å². The quantitative estimate of drug-likeness (QED) is 0.367. The zero-order valence-electron chi connectivity index (χ0n) is 20.9. The van der Waals surface area contributed by atoms with E-state index in [1.807, 2.05) is 30.3 Å². The number of rotatable bonds is 10. The third-order valence-electron chi connectivity index (χ3n) is 6.38. The Balaban J connectivity index is 1.56. The van der Waals surface area contributed by atoms with E-state index in [0.717, 1.165) is 17.7 Å². The van der Waals surface area contributed by atoms with Gasteiger partial charge in [0.05, 0.1) is 12.2 Å². The Kier molecular flexibility index (Phi) is 8.36. The summed E-state index contributed by atoms with van der Waals surface area (Å²) in [6.45, 7) is 2.27. The van der Waals surface area contributed by atoms with E-state index in [4.69, 9.17) is 19.6 Å². The number of benzene rings is 3. The van der Waals surface area contributed by atoms with E-state index in [2.05, 4.69) is 5.32 Å². The van der Waals surface area contributed by atoms with E-state index in [1.165, 1.54) is 12.1 Å². The minimum absolute atomic E-state index is 0.0466. The number of alkyl halides is 3. The molecule has 4 rings (SSSR count). The SMILES string of the molecule is C[C@H]1OC(c2ccc(OCCCO)cc2)=N[C@@]1(Cc1ccccc1)C(=O)NCc1ccc(C(F)(F)F)cc1. The lowest BCUT2D eigenvalue weighted by Gasteiger charge is -2.28. The van der Waals surface area contributed by atoms with Crippen molar-refractivity contribution >= 4 is 11.8 Å². The summed E-state index contributed by atoms with van der Waals surface area (Å²) in [5.74, 6) is 0.575. The number of nitrogens with zero attached hydrogens (tertiary/aromatic N) is 1. The van der Waals surface area contributed by atoms with E-state index < -0.39 is 23.4 Å². The first-order chi connectivity index (χ1) is 18.2. The smallest absolute Gasteiger partial charge is 0.416 e. The minimum Gasteiger partial charge on any atom is -0.494 e. The Hall–Kier alpha value is -3.85. The topological polar surface area (TPSA) is 80.2 Å². The van der Waals surface area contributed by atoms with Gasteiger partial charge in [0, 0.05) is 31.6 Å². The highest BCUT2D eigenvalue weighted by molar-refractivity contribution is 6.00. The van der Waals surface area contributed by atoms with Gasteiger partial charge in [-0.2, -0.15) is 13.2 Å². The fourth-order valence-electron chi connectivity index (χ4n) is 4.20. The van der Waals surface area contributed by atoms with Gasteiger partial charge in [-0.1, -0.05) is 42.5 Å². The molecule has 9 heteroatoms. The van der Waals surface area contributed by atoms with E-state index >= 15 is 0 Å². The van der Waals surface area contributed by atoms with Crippen LogP contribution in [0.2, 0.25) is 0 Å². The predicted octanol–water partition coefficient (Wildman–Crippen LogP) is 4.93. The molecule has 0 aromatic heterocycles. The van der Waals surface area contributed by atoms with E-state index in [0.29, 0.717) is 35.8 Å². The molecule has 3 aromatic carbocycles. The molecule has 200 valence electrons. The number of hydrogen-bond donors (Lipinski definition) is 2. The number of carbonyl (C=O) groups excluding carboxylic acids is 1. The van der Waals surface area contributed by atoms with Crippen LogP contribution >= 0.6 is 0 Å². The molecule has 0 bridgehead atoms. The maximum absolute atomic E-state index is 13.6. The van der Waals surface area contributed by atoms with Gasteiger partial charge in [-0.3, -0.25) is 4.79 Å². The zero-order chi connectivity index (χ0) is 27.2. The minimum atomic E-state index is -4.42. The number of aliphatic imine (C=N–C) groups is 1. The third-order valence-corrected chi connectivity index (χ3v) is 6.38. The van der Waals surface area contributed by atoms with Crippen molar-refractivity contribution in [3.63, 3.8) is 0 Å². The third kappa shape index (κ3) is 6.34. The second-order valence-electron chi connectivity index (χ2n) is 9.09. The lowest BCUT2D eigenvalue weighted by molar-refractivity contribution is -0.137. The normalized spacial score (nSPS) is 19.0. The first-order valence-corrected chi connectivity index (χ1v) is 12.3. The van der Waals surface area contributed by atoms with Gasteiger partial charge in [0.1, 0.15) is 11.9 Å². The standard InChI is InChI=1S/C29H29F3N2O4/c1-20-28(18-21-6-3-2-4-7-21,27(36)33-19-22-8-12-24(13-9-22)29(30,31)32)34-26(38-20)23-10-14-25(15-11-23)37-17-5-16-35/h2-4,6-15,20,35H,5,16-19H2,1H3,(H,33,36)/t20-,28-/m1/s1. The number of aliphatic hydroxyl groups excluding tert-OH is 1. The summed E-state index contributed by atoms with van der Waals surface area (Å²) in [6.07, 6.45) is -4.23. The predicted molar refractivity (Wildman–Crippen MR) is 137 cm³/mol. The number of carbonyl (C=O) groups is 1. The van der Waals surface area contributed by atoms with Gasteiger partial charge in [-0.25, -0.2) is 4.99 Å². The molecule has 2 atom stereocenters. The second kappa shape index (κ2) is 11.7. The fourth-order valence-corrected chi connectivity index (χ4v) is 4.20. The van der Waals surface area contributed by atoms with E-state index in [9.17, 15) is 18.0 Å². The van der Waals surface area contributed by atoms with Crippen LogP contribution in [-0.4, -0.2) is 41.8 Å². The van der Waals surface area contributed by atoms with Gasteiger partial charge in [0.2, 0.25) is 5.90 Å². The van der Waals surface area contributed by atoms with Crippen molar-refractivity contribution in [1.29, 1.82) is 0 Å². The molecule has 1 heterocycles. The van der Waals surface area contributed by atoms with Crippen LogP contribution in [0.15, 0.2) is 83.9 Å². The number of nitrogens with one attached hydrogen (secondary N) is 1. The number of halogens is 3. The van der Waals surface area contributed by atoms with Crippen molar-refractivity contribution in [2.24, 2.45) is 4.99 Å². The molecule has 1 amide bonds. The Bertz CT molecular complexity index is 1250. The summed E-state index contributed by atoms with van der Waals surface area (Å²) in [5, 5.41) is 11.8. The molecule has 3 aromatic rings. The molecule has 0 fully saturated rings. The van der Waals surface area contributed by atoms with E-state index in [-0.39, 0.29) is 25.5 Å². The molecule has 0 spiro atoms. The second-order valence-corrected chi connectivity index (χ2v) is 9.09. The van der Waals surface area contributed by atoms with E-state index in [1.54, 1.807) is 31.2 Å². The highest BCUT2D eigenvalue weighted by Crippen LogP contribution is 2.33. The van der Waals surface area contributed by atoms with Crippen LogP contribution < -0.4 is 10.1 Å². The molecular formula is C29H29F3N2O4. The summed E-state index contributed by atoms with van der Waals surface area (Å²) in [7, 11) is 0. The maximum Gasteiger partial charge on any atom is 0.416 e. The van der Waals surface area contributed by atoms with Crippen LogP contribution in [0, 0.1) is 0 Å². The highest BCUT2D eigenvalue weighted by Gasteiger charge is 2.50. The molecule has 2 N–H and O–H groups in total. The number of ether oxygens (including phenoxy) is 2. The number of amides is 1. The molecule has 1 aliphatic heterocycles. The summed E-state index contributed by atoms with van der Waals surface area (Å²) < 4.78 is 50.3. The van der Waals surface area contributed by atoms with Crippen molar-refractivity contribution in [1.82, 2.24) is 5.32 Å². The molecule has 6 nitrogen and oxygen atoms in total. The van der Waals surface area contributed by atoms with Crippen LogP contribution in [0.5, 0.6) is 5.75 Å². The molecular weight excluding hydrogens is 497 g/mol. The van der Waals surface area contributed by atoms with Gasteiger partial charge in [-0.05, 0) is 54.4 Å². The van der Waals surface area contributed by atoms with Gasteiger partial charge in [0.25, 0.3) is 5.91 Å². The first-order valence-electron chi connectivity index (χ1n) is 12.3. The molecule has 0 unspecified atom stereocenters. The first kappa shape index (κ1) is 27.2. The van der Waals surface area contributed by atoms with Crippen LogP contribution in [-0.2, 0) is 28.7 Å². The van der Waals surface area contributed by atoms with Crippen LogP contribution in [0.4, 0.5) is 13.2 Å². The molecule has 0 aliphatic carbocycles. The Morgan fingerprint density at radius 1 is 1.03 bits per heavy atom. The Morgan fingerprint density at radius 2 is 1.71 bits per heavy atom. The Labute approximate surface area is 219 Å². The molecule has 0 saturated heterocycles. The summed E-state index contributed by atoms with van der Waals surface area (Å²) >= 11 is 0. The summed E-state index contributed by atoms with van der Waals surface area (Å²) in [4.78, 5) is 18.4. The maximum atomic E-state index is 13.6. The molecule has 1 aliphatic rings. The van der Waals surface area contributed by atoms with Crippen molar-refractivity contribution < 1.29 is 32.5 Å². The Morgan fingerprint density at radius 3 is 2.34 bits per heavy atom. The lowest BCUT2D eigenvalue weighted by atomic mass is 9.86. The fraction of sp³-hybridized carbons (Fsp3) is 0.310. The lowest BCUT2D eigenvalue weighted by Crippen LogP contribution is -2.52. The van der Waals surface area contributed by atoms with Crippen molar-refractivity contribution in [3.05, 3.63) is 101 Å². The van der Waals surface area contributed by atoms with Gasteiger partial charge >= 0.3 is 6.18 Å². The largest absolute Gasteiger partial charge is 0.494 e. The van der Waals surface area contributed by atoms with Crippen molar-refractivity contribution in [2.75, 3.05) is 13.2 Å². The monoisotopic (exact) mass is 526 g/mol. The van der Waals surface area contributed by atoms with Crippen LogP contribution in [0.1, 0.15) is 35.6 Å². The average Bonchev–Trinajstić information content (AvgIpc) is 3.25. The van der Waals surface area contributed by atoms with Crippen molar-refractivity contribution in [3.8, 4) is 5.75 Å². The zero-order valence-corrected chi connectivity index (χ0v) is 20.9. The molecule has 0 radical (unpaired) electrons. The van der Waals surface area contributed by atoms with Crippen LogP contribution in [0.25, 0.3) is 0 Å². The average molecular weight is 527 g/mol. The van der Waals surface area contributed by atoms with Crippen molar-refractivity contribution in [2.45, 2.75) is 44.1 Å².